The molecule has 1 unspecified atom stereocenters. The minimum Gasteiger partial charge on any atom is -0.481 e. The van der Waals surface area contributed by atoms with E-state index >= 15 is 0 Å². The van der Waals surface area contributed by atoms with Gasteiger partial charge >= 0.3 is 5.97 Å². The number of carboxylic acid groups (broad SMARTS) is 1. The van der Waals surface area contributed by atoms with Gasteiger partial charge in [0.2, 0.25) is 5.91 Å². The number of carbonyl (C=O) groups excluding carboxylic acids is 1. The van der Waals surface area contributed by atoms with E-state index in [0.29, 0.717) is 25.4 Å². The molecule has 0 aromatic rings. The average Bonchev–Trinajstić information content (AvgIpc) is 2.39. The standard InChI is InChI=1S/C14H27N3O3/c1-11(2-3-14(19)20)4-7-16-13(18)10-17-8-5-12(15)6-9-17/h11-12H,2-10,15H2,1H3,(H,16,18)(H,19,20). The zero-order chi connectivity index (χ0) is 15.0. The molecule has 0 spiro atoms. The van der Waals surface area contributed by atoms with E-state index in [9.17, 15) is 9.59 Å². The summed E-state index contributed by atoms with van der Waals surface area (Å²) < 4.78 is 0. The predicted octanol–water partition coefficient (Wildman–Crippen LogP) is 0.417. The molecule has 116 valence electrons. The van der Waals surface area contributed by atoms with Crippen LogP contribution in [0.5, 0.6) is 0 Å². The predicted molar refractivity (Wildman–Crippen MR) is 77.3 cm³/mol. The summed E-state index contributed by atoms with van der Waals surface area (Å²) in [6.45, 7) is 4.86. The lowest BCUT2D eigenvalue weighted by Crippen LogP contribution is -2.44. The molecule has 0 aromatic heterocycles. The summed E-state index contributed by atoms with van der Waals surface area (Å²) in [6, 6.07) is 0.282. The molecule has 6 heteroatoms. The summed E-state index contributed by atoms with van der Waals surface area (Å²) in [4.78, 5) is 24.3. The number of nitrogens with one attached hydrogen (secondary N) is 1. The van der Waals surface area contributed by atoms with Crippen LogP contribution in [0.15, 0.2) is 0 Å². The van der Waals surface area contributed by atoms with Gasteiger partial charge < -0.3 is 16.2 Å². The molecule has 20 heavy (non-hydrogen) atoms. The molecule has 1 aliphatic heterocycles. The molecule has 0 bridgehead atoms. The minimum absolute atomic E-state index is 0.0471. The third-order valence-corrected chi connectivity index (χ3v) is 3.81. The van der Waals surface area contributed by atoms with Gasteiger partial charge in [0.15, 0.2) is 0 Å². The van der Waals surface area contributed by atoms with Crippen molar-refractivity contribution >= 4 is 11.9 Å². The number of carbonyl (C=O) groups is 2. The van der Waals surface area contributed by atoms with Crippen molar-refractivity contribution < 1.29 is 14.7 Å². The normalized spacial score (nSPS) is 18.7. The van der Waals surface area contributed by atoms with Crippen LogP contribution in [0, 0.1) is 5.92 Å². The Balaban J connectivity index is 2.06. The number of hydrogen-bond donors (Lipinski definition) is 3. The first-order valence-electron chi connectivity index (χ1n) is 7.43. The number of nitrogens with zero attached hydrogens (tertiary/aromatic N) is 1. The fourth-order valence-electron chi connectivity index (χ4n) is 2.34. The molecule has 4 N–H and O–H groups in total. The number of likely N-dealkylation sites (tertiary alicyclic amines) is 1. The summed E-state index contributed by atoms with van der Waals surface area (Å²) in [6.07, 6.45) is 3.60. The van der Waals surface area contributed by atoms with Crippen LogP contribution >= 0.6 is 0 Å². The van der Waals surface area contributed by atoms with E-state index in [1.165, 1.54) is 0 Å². The highest BCUT2D eigenvalue weighted by Crippen LogP contribution is 2.09. The van der Waals surface area contributed by atoms with E-state index in [2.05, 4.69) is 10.2 Å². The van der Waals surface area contributed by atoms with Crippen molar-refractivity contribution in [2.24, 2.45) is 11.7 Å². The molecule has 0 saturated carbocycles. The van der Waals surface area contributed by atoms with Crippen molar-refractivity contribution in [2.45, 2.75) is 45.1 Å². The highest BCUT2D eigenvalue weighted by atomic mass is 16.4. The van der Waals surface area contributed by atoms with Crippen LogP contribution in [0.25, 0.3) is 0 Å². The molecule has 1 fully saturated rings. The average molecular weight is 285 g/mol. The van der Waals surface area contributed by atoms with Crippen molar-refractivity contribution in [3.05, 3.63) is 0 Å². The SMILES string of the molecule is CC(CCNC(=O)CN1CCC(N)CC1)CCC(=O)O. The number of nitrogens with two attached hydrogens (primary N) is 1. The van der Waals surface area contributed by atoms with Crippen LogP contribution in [-0.4, -0.2) is 54.1 Å². The molecule has 1 atom stereocenters. The lowest BCUT2D eigenvalue weighted by Gasteiger charge is -2.29. The van der Waals surface area contributed by atoms with E-state index in [1.807, 2.05) is 6.92 Å². The van der Waals surface area contributed by atoms with Crippen LogP contribution in [0.4, 0.5) is 0 Å². The van der Waals surface area contributed by atoms with Gasteiger partial charge in [-0.15, -0.1) is 0 Å². The van der Waals surface area contributed by atoms with Crippen LogP contribution in [0.3, 0.4) is 0 Å². The van der Waals surface area contributed by atoms with Gasteiger partial charge in [0.1, 0.15) is 0 Å². The van der Waals surface area contributed by atoms with E-state index in [0.717, 1.165) is 32.4 Å². The fourth-order valence-corrected chi connectivity index (χ4v) is 2.34. The Bertz CT molecular complexity index is 315. The highest BCUT2D eigenvalue weighted by molar-refractivity contribution is 5.77. The van der Waals surface area contributed by atoms with Crippen LogP contribution in [0.2, 0.25) is 0 Å². The van der Waals surface area contributed by atoms with Gasteiger partial charge in [0.25, 0.3) is 0 Å². The summed E-state index contributed by atoms with van der Waals surface area (Å²) in [5.74, 6) is -0.394. The van der Waals surface area contributed by atoms with Crippen molar-refractivity contribution in [3.63, 3.8) is 0 Å². The fraction of sp³-hybridized carbons (Fsp3) is 0.857. The first-order valence-corrected chi connectivity index (χ1v) is 7.43. The van der Waals surface area contributed by atoms with Crippen molar-refractivity contribution in [1.29, 1.82) is 0 Å². The monoisotopic (exact) mass is 285 g/mol. The summed E-state index contributed by atoms with van der Waals surface area (Å²) in [5, 5.41) is 11.5. The highest BCUT2D eigenvalue weighted by Gasteiger charge is 2.18. The van der Waals surface area contributed by atoms with Gasteiger partial charge in [-0.25, -0.2) is 0 Å². The first-order chi connectivity index (χ1) is 9.47. The molecule has 1 rings (SSSR count). The molecule has 1 saturated heterocycles. The van der Waals surface area contributed by atoms with Crippen molar-refractivity contribution in [1.82, 2.24) is 10.2 Å². The van der Waals surface area contributed by atoms with Crippen LogP contribution in [-0.2, 0) is 9.59 Å². The third kappa shape index (κ3) is 7.45. The van der Waals surface area contributed by atoms with E-state index in [1.54, 1.807) is 0 Å². The molecular weight excluding hydrogens is 258 g/mol. The Hall–Kier alpha value is -1.14. The number of carboxylic acids is 1. The lowest BCUT2D eigenvalue weighted by atomic mass is 10.0. The Labute approximate surface area is 120 Å². The van der Waals surface area contributed by atoms with Crippen molar-refractivity contribution in [3.8, 4) is 0 Å². The van der Waals surface area contributed by atoms with Crippen LogP contribution < -0.4 is 11.1 Å². The summed E-state index contributed by atoms with van der Waals surface area (Å²) in [5.41, 5.74) is 5.82. The molecule has 1 heterocycles. The van der Waals surface area contributed by atoms with Crippen LogP contribution in [0.1, 0.15) is 39.0 Å². The molecule has 6 nitrogen and oxygen atoms in total. The first kappa shape index (κ1) is 16.9. The van der Waals surface area contributed by atoms with Gasteiger partial charge in [0.05, 0.1) is 6.54 Å². The number of amides is 1. The topological polar surface area (TPSA) is 95.7 Å². The Kier molecular flexibility index (Phi) is 7.54. The number of rotatable bonds is 8. The maximum absolute atomic E-state index is 11.8. The quantitative estimate of drug-likeness (QED) is 0.600. The summed E-state index contributed by atoms with van der Waals surface area (Å²) >= 11 is 0. The maximum Gasteiger partial charge on any atom is 0.303 e. The second-order valence-electron chi connectivity index (χ2n) is 5.79. The van der Waals surface area contributed by atoms with E-state index < -0.39 is 5.97 Å². The maximum atomic E-state index is 11.8. The minimum atomic E-state index is -0.760. The molecule has 0 aromatic carbocycles. The molecule has 0 radical (unpaired) electrons. The Morgan fingerprint density at radius 3 is 2.60 bits per heavy atom. The Morgan fingerprint density at radius 2 is 2.00 bits per heavy atom. The Morgan fingerprint density at radius 1 is 1.35 bits per heavy atom. The second kappa shape index (κ2) is 8.92. The largest absolute Gasteiger partial charge is 0.481 e. The van der Waals surface area contributed by atoms with Gasteiger partial charge in [0, 0.05) is 32.1 Å². The van der Waals surface area contributed by atoms with Crippen molar-refractivity contribution in [2.75, 3.05) is 26.2 Å². The number of aliphatic carboxylic acids is 1. The van der Waals surface area contributed by atoms with E-state index in [4.69, 9.17) is 10.8 Å². The summed E-state index contributed by atoms with van der Waals surface area (Å²) in [7, 11) is 0. The zero-order valence-corrected chi connectivity index (χ0v) is 12.3. The smallest absolute Gasteiger partial charge is 0.303 e. The van der Waals surface area contributed by atoms with Gasteiger partial charge in [-0.1, -0.05) is 6.92 Å². The third-order valence-electron chi connectivity index (χ3n) is 3.81. The number of hydrogen-bond acceptors (Lipinski definition) is 4. The van der Waals surface area contributed by atoms with Gasteiger partial charge in [-0.3, -0.25) is 14.5 Å². The molecule has 1 aliphatic rings. The lowest BCUT2D eigenvalue weighted by molar-refractivity contribution is -0.137. The van der Waals surface area contributed by atoms with Gasteiger partial charge in [-0.2, -0.15) is 0 Å². The molecule has 0 aliphatic carbocycles. The van der Waals surface area contributed by atoms with E-state index in [-0.39, 0.29) is 18.4 Å². The zero-order valence-electron chi connectivity index (χ0n) is 12.3. The molecular formula is C14H27N3O3. The molecule has 1 amide bonds. The number of piperidine rings is 1. The van der Waals surface area contributed by atoms with Gasteiger partial charge in [-0.05, 0) is 31.6 Å². The second-order valence-corrected chi connectivity index (χ2v) is 5.79.